The van der Waals surface area contributed by atoms with Crippen LogP contribution in [-0.2, 0) is 0 Å². The lowest BCUT2D eigenvalue weighted by Gasteiger charge is -2.11. The quantitative estimate of drug-likeness (QED) is 0.509. The van der Waals surface area contributed by atoms with Gasteiger partial charge in [0.15, 0.2) is 5.16 Å². The van der Waals surface area contributed by atoms with E-state index in [1.807, 2.05) is 32.0 Å². The number of nitrogens with two attached hydrogens (primary N) is 1. The average molecular weight is 275 g/mol. The SMILES string of the molecule is Cc1cc(C)nc(SCC(O)c2cccc(N)c2)n1. The van der Waals surface area contributed by atoms with Crippen LogP contribution in [0.2, 0.25) is 0 Å². The summed E-state index contributed by atoms with van der Waals surface area (Å²) in [4.78, 5) is 8.67. The minimum absolute atomic E-state index is 0.506. The number of thioether (sulfide) groups is 1. The monoisotopic (exact) mass is 275 g/mol. The molecule has 2 rings (SSSR count). The molecule has 0 saturated heterocycles. The first-order valence-corrected chi connectivity index (χ1v) is 7.02. The zero-order valence-corrected chi connectivity index (χ0v) is 11.8. The summed E-state index contributed by atoms with van der Waals surface area (Å²) >= 11 is 1.44. The fourth-order valence-corrected chi connectivity index (χ4v) is 2.69. The van der Waals surface area contributed by atoms with Crippen LogP contribution in [0.25, 0.3) is 0 Å². The predicted molar refractivity (Wildman–Crippen MR) is 78.0 cm³/mol. The van der Waals surface area contributed by atoms with Gasteiger partial charge in [0.25, 0.3) is 0 Å². The maximum Gasteiger partial charge on any atom is 0.188 e. The number of aliphatic hydroxyl groups is 1. The molecule has 0 bridgehead atoms. The third-order valence-corrected chi connectivity index (χ3v) is 3.55. The number of aromatic nitrogens is 2. The molecule has 0 amide bonds. The molecule has 0 spiro atoms. The Morgan fingerprint density at radius 2 is 1.89 bits per heavy atom. The molecule has 2 aromatic rings. The van der Waals surface area contributed by atoms with Crippen LogP contribution >= 0.6 is 11.8 Å². The largest absolute Gasteiger partial charge is 0.399 e. The first kappa shape index (κ1) is 13.8. The highest BCUT2D eigenvalue weighted by Crippen LogP contribution is 2.23. The number of rotatable bonds is 4. The highest BCUT2D eigenvalue weighted by Gasteiger charge is 2.10. The summed E-state index contributed by atoms with van der Waals surface area (Å²) in [6.45, 7) is 3.88. The zero-order valence-electron chi connectivity index (χ0n) is 11.0. The van der Waals surface area contributed by atoms with Gasteiger partial charge >= 0.3 is 0 Å². The summed E-state index contributed by atoms with van der Waals surface area (Å²) in [6.07, 6.45) is -0.571. The van der Waals surface area contributed by atoms with Crippen LogP contribution in [0.15, 0.2) is 35.5 Å². The van der Waals surface area contributed by atoms with Crippen LogP contribution in [0.4, 0.5) is 5.69 Å². The summed E-state index contributed by atoms with van der Waals surface area (Å²) in [5, 5.41) is 10.8. The van der Waals surface area contributed by atoms with Crippen molar-refractivity contribution in [3.8, 4) is 0 Å². The lowest BCUT2D eigenvalue weighted by molar-refractivity contribution is 0.204. The standard InChI is InChI=1S/C14H17N3OS/c1-9-6-10(2)17-14(16-9)19-8-13(18)11-4-3-5-12(15)7-11/h3-7,13,18H,8,15H2,1-2H3. The topological polar surface area (TPSA) is 72.0 Å². The van der Waals surface area contributed by atoms with Crippen molar-refractivity contribution in [2.75, 3.05) is 11.5 Å². The van der Waals surface area contributed by atoms with Crippen molar-refractivity contribution in [2.45, 2.75) is 25.1 Å². The average Bonchev–Trinajstić information content (AvgIpc) is 2.35. The minimum atomic E-state index is -0.571. The van der Waals surface area contributed by atoms with Gasteiger partial charge < -0.3 is 10.8 Å². The van der Waals surface area contributed by atoms with Gasteiger partial charge in [0.05, 0.1) is 6.10 Å². The highest BCUT2D eigenvalue weighted by molar-refractivity contribution is 7.99. The van der Waals surface area contributed by atoms with Crippen LogP contribution < -0.4 is 5.73 Å². The van der Waals surface area contributed by atoms with E-state index in [-0.39, 0.29) is 0 Å². The molecule has 0 aliphatic rings. The van der Waals surface area contributed by atoms with Crippen LogP contribution in [0.3, 0.4) is 0 Å². The number of hydrogen-bond acceptors (Lipinski definition) is 5. The third kappa shape index (κ3) is 3.94. The van der Waals surface area contributed by atoms with E-state index < -0.39 is 6.10 Å². The summed E-state index contributed by atoms with van der Waals surface area (Å²) in [6, 6.07) is 9.22. The second-order valence-corrected chi connectivity index (χ2v) is 5.42. The predicted octanol–water partition coefficient (Wildman–Crippen LogP) is 2.50. The van der Waals surface area contributed by atoms with Crippen molar-refractivity contribution < 1.29 is 5.11 Å². The summed E-state index contributed by atoms with van der Waals surface area (Å²) in [7, 11) is 0. The van der Waals surface area contributed by atoms with Gasteiger partial charge in [-0.1, -0.05) is 23.9 Å². The Morgan fingerprint density at radius 3 is 2.53 bits per heavy atom. The molecule has 1 unspecified atom stereocenters. The third-order valence-electron chi connectivity index (χ3n) is 2.63. The van der Waals surface area contributed by atoms with Gasteiger partial charge in [-0.05, 0) is 37.6 Å². The normalized spacial score (nSPS) is 12.4. The zero-order chi connectivity index (χ0) is 13.8. The van der Waals surface area contributed by atoms with Crippen molar-refractivity contribution in [1.82, 2.24) is 9.97 Å². The van der Waals surface area contributed by atoms with Gasteiger partial charge in [0, 0.05) is 22.8 Å². The van der Waals surface area contributed by atoms with Crippen molar-refractivity contribution >= 4 is 17.4 Å². The van der Waals surface area contributed by atoms with Crippen molar-refractivity contribution in [2.24, 2.45) is 0 Å². The van der Waals surface area contributed by atoms with Crippen LogP contribution in [-0.4, -0.2) is 20.8 Å². The highest BCUT2D eigenvalue weighted by atomic mass is 32.2. The molecule has 5 heteroatoms. The molecule has 1 atom stereocenters. The van der Waals surface area contributed by atoms with E-state index in [2.05, 4.69) is 9.97 Å². The Balaban J connectivity index is 2.02. The van der Waals surface area contributed by atoms with Crippen molar-refractivity contribution in [3.05, 3.63) is 47.3 Å². The molecule has 0 saturated carbocycles. The van der Waals surface area contributed by atoms with Crippen molar-refractivity contribution in [1.29, 1.82) is 0 Å². The van der Waals surface area contributed by atoms with E-state index in [0.29, 0.717) is 16.6 Å². The van der Waals surface area contributed by atoms with E-state index in [1.165, 1.54) is 11.8 Å². The molecule has 1 heterocycles. The van der Waals surface area contributed by atoms with E-state index >= 15 is 0 Å². The molecule has 0 fully saturated rings. The second kappa shape index (κ2) is 6.04. The molecule has 0 aliphatic carbocycles. The first-order chi connectivity index (χ1) is 9.04. The molecule has 0 aliphatic heterocycles. The molecule has 100 valence electrons. The maximum atomic E-state index is 10.1. The van der Waals surface area contributed by atoms with E-state index in [0.717, 1.165) is 17.0 Å². The van der Waals surface area contributed by atoms with Crippen LogP contribution in [0, 0.1) is 13.8 Å². The van der Waals surface area contributed by atoms with E-state index in [4.69, 9.17) is 5.73 Å². The summed E-state index contributed by atoms with van der Waals surface area (Å²) < 4.78 is 0. The second-order valence-electron chi connectivity index (χ2n) is 4.43. The van der Waals surface area contributed by atoms with Gasteiger partial charge in [-0.15, -0.1) is 0 Å². The van der Waals surface area contributed by atoms with Gasteiger partial charge in [0.1, 0.15) is 0 Å². The minimum Gasteiger partial charge on any atom is -0.399 e. The van der Waals surface area contributed by atoms with Crippen LogP contribution in [0.5, 0.6) is 0 Å². The molecular weight excluding hydrogens is 258 g/mol. The maximum absolute atomic E-state index is 10.1. The number of anilines is 1. The van der Waals surface area contributed by atoms with E-state index in [9.17, 15) is 5.11 Å². The molecule has 1 aromatic carbocycles. The van der Waals surface area contributed by atoms with Crippen molar-refractivity contribution in [3.63, 3.8) is 0 Å². The number of aliphatic hydroxyl groups excluding tert-OH is 1. The Hall–Kier alpha value is -1.59. The summed E-state index contributed by atoms with van der Waals surface area (Å²) in [5.74, 6) is 0.506. The molecule has 0 radical (unpaired) electrons. The van der Waals surface area contributed by atoms with Gasteiger partial charge in [-0.25, -0.2) is 9.97 Å². The summed E-state index contributed by atoms with van der Waals surface area (Å²) in [5.41, 5.74) is 9.05. The fraction of sp³-hybridized carbons (Fsp3) is 0.286. The lowest BCUT2D eigenvalue weighted by Crippen LogP contribution is -2.03. The Kier molecular flexibility index (Phi) is 4.39. The Morgan fingerprint density at radius 1 is 1.21 bits per heavy atom. The van der Waals surface area contributed by atoms with E-state index in [1.54, 1.807) is 12.1 Å². The van der Waals surface area contributed by atoms with Crippen LogP contribution in [0.1, 0.15) is 23.1 Å². The number of hydrogen-bond donors (Lipinski definition) is 2. The Bertz CT molecular complexity index is 554. The lowest BCUT2D eigenvalue weighted by atomic mass is 10.1. The van der Waals surface area contributed by atoms with Gasteiger partial charge in [0.2, 0.25) is 0 Å². The number of aryl methyl sites for hydroxylation is 2. The molecular formula is C14H17N3OS. The number of benzene rings is 1. The first-order valence-electron chi connectivity index (χ1n) is 6.03. The number of nitrogens with zero attached hydrogens (tertiary/aromatic N) is 2. The smallest absolute Gasteiger partial charge is 0.188 e. The molecule has 19 heavy (non-hydrogen) atoms. The fourth-order valence-electron chi connectivity index (χ4n) is 1.77. The number of nitrogen functional groups attached to an aromatic ring is 1. The molecule has 1 aromatic heterocycles. The van der Waals surface area contributed by atoms with Gasteiger partial charge in [-0.3, -0.25) is 0 Å². The molecule has 4 nitrogen and oxygen atoms in total. The Labute approximate surface area is 117 Å². The molecule has 3 N–H and O–H groups in total. The van der Waals surface area contributed by atoms with Gasteiger partial charge in [-0.2, -0.15) is 0 Å².